The predicted octanol–water partition coefficient (Wildman–Crippen LogP) is 3.54. The van der Waals surface area contributed by atoms with E-state index >= 15 is 0 Å². The number of halogens is 1. The zero-order chi connectivity index (χ0) is 15.1. The summed E-state index contributed by atoms with van der Waals surface area (Å²) < 4.78 is 2.70. The molecule has 0 amide bonds. The highest BCUT2D eigenvalue weighted by Crippen LogP contribution is 2.34. The molecule has 3 aromatic heterocycles. The average molecular weight is 358 g/mol. The Morgan fingerprint density at radius 1 is 1.23 bits per heavy atom. The van der Waals surface area contributed by atoms with Crippen LogP contribution in [-0.4, -0.2) is 26.1 Å². The van der Waals surface area contributed by atoms with Gasteiger partial charge < -0.3 is 4.90 Å². The van der Waals surface area contributed by atoms with Crippen molar-refractivity contribution in [1.82, 2.24) is 19.6 Å². The fourth-order valence-corrected chi connectivity index (χ4v) is 3.45. The first kappa shape index (κ1) is 13.7. The molecule has 0 bridgehead atoms. The quantitative estimate of drug-likeness (QED) is 0.703. The average Bonchev–Trinajstić information content (AvgIpc) is 3.14. The molecule has 5 nitrogen and oxygen atoms in total. The normalized spacial score (nSPS) is 18.3. The summed E-state index contributed by atoms with van der Waals surface area (Å²) in [5, 5.41) is 4.25. The minimum Gasteiger partial charge on any atom is -0.348 e. The van der Waals surface area contributed by atoms with Gasteiger partial charge in [0, 0.05) is 18.4 Å². The lowest BCUT2D eigenvalue weighted by atomic mass is 10.1. The van der Waals surface area contributed by atoms with Crippen LogP contribution in [0.5, 0.6) is 0 Å². The lowest BCUT2D eigenvalue weighted by Crippen LogP contribution is -2.24. The maximum absolute atomic E-state index is 4.77. The van der Waals surface area contributed by atoms with Gasteiger partial charge in [-0.3, -0.25) is 4.98 Å². The molecule has 4 rings (SSSR count). The van der Waals surface area contributed by atoms with E-state index in [0.717, 1.165) is 46.7 Å². The minimum atomic E-state index is 0.302. The van der Waals surface area contributed by atoms with Gasteiger partial charge in [0.25, 0.3) is 0 Å². The molecule has 6 heteroatoms. The van der Waals surface area contributed by atoms with Crippen LogP contribution in [0, 0.1) is 6.92 Å². The van der Waals surface area contributed by atoms with Crippen molar-refractivity contribution in [3.05, 3.63) is 52.5 Å². The highest BCUT2D eigenvalue weighted by atomic mass is 79.9. The molecule has 1 fully saturated rings. The van der Waals surface area contributed by atoms with Crippen LogP contribution in [0.3, 0.4) is 0 Å². The fraction of sp³-hybridized carbons (Fsp3) is 0.312. The topological polar surface area (TPSA) is 46.3 Å². The molecule has 0 N–H and O–H groups in total. The maximum atomic E-state index is 4.77. The number of hydrogen-bond acceptors (Lipinski definition) is 4. The summed E-state index contributed by atoms with van der Waals surface area (Å²) >= 11 is 3.50. The molecular formula is C16H16BrN5. The number of rotatable bonds is 2. The van der Waals surface area contributed by atoms with Crippen molar-refractivity contribution in [2.24, 2.45) is 0 Å². The molecule has 3 aromatic rings. The first-order valence-electron chi connectivity index (χ1n) is 7.42. The highest BCUT2D eigenvalue weighted by Gasteiger charge is 2.28. The Bertz CT molecular complexity index is 828. The third-order valence-corrected chi connectivity index (χ3v) is 4.67. The van der Waals surface area contributed by atoms with Crippen molar-refractivity contribution in [3.63, 3.8) is 0 Å². The molecular weight excluding hydrogens is 342 g/mol. The Morgan fingerprint density at radius 3 is 3.00 bits per heavy atom. The molecule has 0 saturated carbocycles. The first-order chi connectivity index (χ1) is 10.7. The third kappa shape index (κ3) is 2.27. The van der Waals surface area contributed by atoms with Crippen LogP contribution in [-0.2, 0) is 0 Å². The third-order valence-electron chi connectivity index (χ3n) is 4.11. The van der Waals surface area contributed by atoms with Gasteiger partial charge >= 0.3 is 0 Å². The van der Waals surface area contributed by atoms with Crippen molar-refractivity contribution >= 4 is 27.4 Å². The second-order valence-electron chi connectivity index (χ2n) is 5.60. The van der Waals surface area contributed by atoms with Crippen LogP contribution in [0.1, 0.15) is 30.3 Å². The van der Waals surface area contributed by atoms with E-state index in [4.69, 9.17) is 9.97 Å². The molecule has 1 aliphatic rings. The molecule has 1 atom stereocenters. The molecule has 112 valence electrons. The van der Waals surface area contributed by atoms with Crippen molar-refractivity contribution in [2.45, 2.75) is 25.8 Å². The number of nitrogens with zero attached hydrogens (tertiary/aromatic N) is 5. The van der Waals surface area contributed by atoms with Gasteiger partial charge in [0.05, 0.1) is 22.4 Å². The molecule has 0 spiro atoms. The number of anilines is 1. The van der Waals surface area contributed by atoms with Gasteiger partial charge in [-0.1, -0.05) is 6.07 Å². The minimum absolute atomic E-state index is 0.302. The lowest BCUT2D eigenvalue weighted by molar-refractivity contribution is 0.684. The van der Waals surface area contributed by atoms with Gasteiger partial charge in [-0.05, 0) is 53.9 Å². The van der Waals surface area contributed by atoms with E-state index in [-0.39, 0.29) is 0 Å². The summed E-state index contributed by atoms with van der Waals surface area (Å²) in [6.45, 7) is 3.05. The van der Waals surface area contributed by atoms with Crippen molar-refractivity contribution in [2.75, 3.05) is 11.4 Å². The van der Waals surface area contributed by atoms with E-state index in [9.17, 15) is 0 Å². The maximum Gasteiger partial charge on any atom is 0.171 e. The second kappa shape index (κ2) is 5.35. The van der Waals surface area contributed by atoms with E-state index in [1.807, 2.05) is 25.3 Å². The Balaban J connectivity index is 1.74. The molecule has 0 aromatic carbocycles. The molecule has 1 aliphatic heterocycles. The predicted molar refractivity (Wildman–Crippen MR) is 89.0 cm³/mol. The van der Waals surface area contributed by atoms with Crippen LogP contribution in [0.2, 0.25) is 0 Å². The summed E-state index contributed by atoms with van der Waals surface area (Å²) in [4.78, 5) is 11.8. The van der Waals surface area contributed by atoms with Crippen molar-refractivity contribution < 1.29 is 0 Å². The number of aromatic nitrogens is 4. The van der Waals surface area contributed by atoms with E-state index in [1.54, 1.807) is 10.7 Å². The van der Waals surface area contributed by atoms with Gasteiger partial charge in [0.15, 0.2) is 5.65 Å². The van der Waals surface area contributed by atoms with Gasteiger partial charge in [-0.15, -0.1) is 0 Å². The lowest BCUT2D eigenvalue weighted by Gasteiger charge is -2.25. The Hall–Kier alpha value is -1.95. The van der Waals surface area contributed by atoms with Gasteiger partial charge in [-0.2, -0.15) is 5.10 Å². The van der Waals surface area contributed by atoms with Crippen LogP contribution >= 0.6 is 15.9 Å². The molecule has 4 heterocycles. The number of fused-ring (bicyclic) bond motifs is 1. The van der Waals surface area contributed by atoms with Crippen LogP contribution in [0.4, 0.5) is 5.82 Å². The Morgan fingerprint density at radius 2 is 2.14 bits per heavy atom. The zero-order valence-electron chi connectivity index (χ0n) is 12.3. The monoisotopic (exact) mass is 357 g/mol. The molecule has 0 aliphatic carbocycles. The van der Waals surface area contributed by atoms with E-state index in [2.05, 4.69) is 38.1 Å². The molecule has 0 radical (unpaired) electrons. The largest absolute Gasteiger partial charge is 0.348 e. The SMILES string of the molecule is Cc1cccc(C2CCCN2c2ccn3ncc(Br)c3n2)n1. The van der Waals surface area contributed by atoms with Gasteiger partial charge in [0.1, 0.15) is 5.82 Å². The van der Waals surface area contributed by atoms with E-state index < -0.39 is 0 Å². The first-order valence-corrected chi connectivity index (χ1v) is 8.22. The highest BCUT2D eigenvalue weighted by molar-refractivity contribution is 9.10. The summed E-state index contributed by atoms with van der Waals surface area (Å²) in [6.07, 6.45) is 6.01. The Labute approximate surface area is 137 Å². The summed E-state index contributed by atoms with van der Waals surface area (Å²) in [5.74, 6) is 0.986. The standard InChI is InChI=1S/C16H16BrN5/c1-11-4-2-5-13(19-11)14-6-3-8-21(14)15-7-9-22-16(20-15)12(17)10-18-22/h2,4-5,7,9-10,14H,3,6,8H2,1H3. The van der Waals surface area contributed by atoms with Gasteiger partial charge in [-0.25, -0.2) is 9.50 Å². The molecule has 1 saturated heterocycles. The summed E-state index contributed by atoms with van der Waals surface area (Å²) in [7, 11) is 0. The van der Waals surface area contributed by atoms with Gasteiger partial charge in [0.2, 0.25) is 0 Å². The smallest absolute Gasteiger partial charge is 0.171 e. The molecule has 1 unspecified atom stereocenters. The van der Waals surface area contributed by atoms with Crippen LogP contribution in [0.15, 0.2) is 41.1 Å². The zero-order valence-corrected chi connectivity index (χ0v) is 13.9. The molecule has 22 heavy (non-hydrogen) atoms. The summed E-state index contributed by atoms with van der Waals surface area (Å²) in [6, 6.07) is 8.56. The van der Waals surface area contributed by atoms with Crippen LogP contribution < -0.4 is 4.90 Å². The van der Waals surface area contributed by atoms with Crippen LogP contribution in [0.25, 0.3) is 5.65 Å². The van der Waals surface area contributed by atoms with Crippen molar-refractivity contribution in [1.29, 1.82) is 0 Å². The second-order valence-corrected chi connectivity index (χ2v) is 6.46. The van der Waals surface area contributed by atoms with E-state index in [1.165, 1.54) is 0 Å². The Kier molecular flexibility index (Phi) is 3.33. The fourth-order valence-electron chi connectivity index (χ4n) is 3.09. The van der Waals surface area contributed by atoms with Crippen molar-refractivity contribution in [3.8, 4) is 0 Å². The number of hydrogen-bond donors (Lipinski definition) is 0. The summed E-state index contributed by atoms with van der Waals surface area (Å²) in [5.41, 5.74) is 3.04. The number of pyridine rings is 1. The number of aryl methyl sites for hydroxylation is 1. The van der Waals surface area contributed by atoms with E-state index in [0.29, 0.717) is 6.04 Å².